The van der Waals surface area contributed by atoms with E-state index in [0.717, 1.165) is 57.7 Å². The van der Waals surface area contributed by atoms with Gasteiger partial charge in [0.2, 0.25) is 0 Å². The fraction of sp³-hybridized carbons (Fsp3) is 1.00. The van der Waals surface area contributed by atoms with Crippen molar-refractivity contribution < 1.29 is 0 Å². The summed E-state index contributed by atoms with van der Waals surface area (Å²) in [5.74, 6) is 10.1. The lowest BCUT2D eigenvalue weighted by Crippen LogP contribution is -1.95. The van der Waals surface area contributed by atoms with Crippen LogP contribution in [0.2, 0.25) is 0 Å². The van der Waals surface area contributed by atoms with Crippen LogP contribution in [0.4, 0.5) is 0 Å². The molecule has 8 rings (SSSR count). The molecule has 8 fully saturated rings. The molecular formula is C31H54. The third-order valence-corrected chi connectivity index (χ3v) is 11.5. The minimum absolute atomic E-state index is 0.833. The molecule has 0 heteroatoms. The van der Waals surface area contributed by atoms with E-state index >= 15 is 0 Å². The quantitative estimate of drug-likeness (QED) is 0.420. The first kappa shape index (κ1) is 22.8. The van der Waals surface area contributed by atoms with Crippen LogP contribution in [0, 0.1) is 69.5 Å². The Morgan fingerprint density at radius 3 is 0.774 bits per heavy atom. The molecule has 0 unspecified atom stereocenters. The Morgan fingerprint density at radius 2 is 0.710 bits per heavy atom. The summed E-state index contributed by atoms with van der Waals surface area (Å²) in [6, 6.07) is 0. The predicted octanol–water partition coefficient (Wildman–Crippen LogP) is 9.38. The molecule has 0 nitrogen and oxygen atoms in total. The molecule has 8 saturated carbocycles. The van der Waals surface area contributed by atoms with Crippen LogP contribution in [0.15, 0.2) is 0 Å². The van der Waals surface area contributed by atoms with Crippen molar-refractivity contribution in [2.24, 2.45) is 69.5 Å². The molecule has 0 aromatic rings. The van der Waals surface area contributed by atoms with Gasteiger partial charge in [0.25, 0.3) is 0 Å². The summed E-state index contributed by atoms with van der Waals surface area (Å²) in [7, 11) is 0. The van der Waals surface area contributed by atoms with Gasteiger partial charge in [0.05, 0.1) is 0 Å². The van der Waals surface area contributed by atoms with E-state index in [4.69, 9.17) is 0 Å². The Kier molecular flexibility index (Phi) is 5.71. The maximum atomic E-state index is 2.45. The molecule has 0 aliphatic heterocycles. The highest BCUT2D eigenvalue weighted by Crippen LogP contribution is 2.65. The zero-order valence-corrected chi connectivity index (χ0v) is 22.2. The number of rotatable bonds is 4. The maximum absolute atomic E-state index is 2.45. The minimum Gasteiger partial charge on any atom is -0.0622 e. The second-order valence-electron chi connectivity index (χ2n) is 15.1. The van der Waals surface area contributed by atoms with E-state index in [1.54, 1.807) is 19.3 Å². The van der Waals surface area contributed by atoms with Crippen LogP contribution < -0.4 is 0 Å². The van der Waals surface area contributed by atoms with Crippen LogP contribution in [0.25, 0.3) is 0 Å². The average molecular weight is 427 g/mol. The molecule has 178 valence electrons. The maximum Gasteiger partial charge on any atom is -0.0294 e. The largest absolute Gasteiger partial charge is 0.0622 e. The fourth-order valence-electron chi connectivity index (χ4n) is 7.12. The third-order valence-electron chi connectivity index (χ3n) is 11.5. The molecule has 0 aromatic carbocycles. The first-order chi connectivity index (χ1) is 14.5. The summed E-state index contributed by atoms with van der Waals surface area (Å²) in [5, 5.41) is 0. The lowest BCUT2D eigenvalue weighted by atomic mass is 10.0. The Labute approximate surface area is 195 Å². The van der Waals surface area contributed by atoms with Gasteiger partial charge in [-0.3, -0.25) is 0 Å². The molecule has 8 atom stereocenters. The highest BCUT2D eigenvalue weighted by atomic mass is 14.6. The molecule has 0 N–H and O–H groups in total. The van der Waals surface area contributed by atoms with Crippen LogP contribution in [0.5, 0.6) is 0 Å². The van der Waals surface area contributed by atoms with Gasteiger partial charge in [-0.15, -0.1) is 0 Å². The van der Waals surface area contributed by atoms with Gasteiger partial charge in [-0.05, 0) is 147 Å². The van der Waals surface area contributed by atoms with E-state index in [0.29, 0.717) is 0 Å². The normalized spacial score (nSPS) is 48.9. The molecule has 8 aliphatic rings. The second-order valence-corrected chi connectivity index (χ2v) is 15.1. The predicted molar refractivity (Wildman–Crippen MR) is 134 cm³/mol. The van der Waals surface area contributed by atoms with Crippen LogP contribution in [-0.4, -0.2) is 0 Å². The first-order valence-corrected chi connectivity index (χ1v) is 14.5. The standard InChI is InChI=1S/3C8H14.C7H12/c3*1-6-5-7(6)8(2)3-4-8;1-5-4-7(5)6-2-3-6/h3*6-7H,3-5H2,1-2H3;5-7H,2-4H2,1H3/t2*6-,7+;6-,7-;5-,7-/m1001/s1. The molecule has 0 bridgehead atoms. The highest BCUT2D eigenvalue weighted by molar-refractivity contribution is 5.05. The zero-order chi connectivity index (χ0) is 22.2. The Balaban J connectivity index is 0.0000000879. The van der Waals surface area contributed by atoms with Crippen molar-refractivity contribution in [3.63, 3.8) is 0 Å². The molecular weight excluding hydrogens is 372 g/mol. The number of hydrogen-bond acceptors (Lipinski definition) is 0. The second kappa shape index (κ2) is 7.77. The lowest BCUT2D eigenvalue weighted by molar-refractivity contribution is 0.464. The van der Waals surface area contributed by atoms with Crippen LogP contribution >= 0.6 is 0 Å². The summed E-state index contributed by atoms with van der Waals surface area (Å²) in [6.07, 6.45) is 18.3. The van der Waals surface area contributed by atoms with Crippen LogP contribution in [0.3, 0.4) is 0 Å². The Hall–Kier alpha value is 0. The van der Waals surface area contributed by atoms with E-state index in [2.05, 4.69) is 48.5 Å². The summed E-state index contributed by atoms with van der Waals surface area (Å²) < 4.78 is 0. The Bertz CT molecular complexity index is 572. The van der Waals surface area contributed by atoms with Crippen molar-refractivity contribution in [3.05, 3.63) is 0 Å². The van der Waals surface area contributed by atoms with Crippen molar-refractivity contribution in [2.45, 2.75) is 126 Å². The first-order valence-electron chi connectivity index (χ1n) is 14.5. The van der Waals surface area contributed by atoms with Gasteiger partial charge in [-0.2, -0.15) is 0 Å². The van der Waals surface area contributed by atoms with Crippen molar-refractivity contribution in [2.75, 3.05) is 0 Å². The Morgan fingerprint density at radius 1 is 0.452 bits per heavy atom. The van der Waals surface area contributed by atoms with Gasteiger partial charge in [-0.1, -0.05) is 48.5 Å². The van der Waals surface area contributed by atoms with Crippen LogP contribution in [0.1, 0.15) is 126 Å². The van der Waals surface area contributed by atoms with Gasteiger partial charge in [-0.25, -0.2) is 0 Å². The van der Waals surface area contributed by atoms with Crippen molar-refractivity contribution in [1.29, 1.82) is 0 Å². The zero-order valence-electron chi connectivity index (χ0n) is 22.2. The minimum atomic E-state index is 0.833. The van der Waals surface area contributed by atoms with Gasteiger partial charge in [0.15, 0.2) is 0 Å². The van der Waals surface area contributed by atoms with Gasteiger partial charge in [0, 0.05) is 0 Å². The molecule has 31 heavy (non-hydrogen) atoms. The van der Waals surface area contributed by atoms with E-state index in [9.17, 15) is 0 Å². The summed E-state index contributed by atoms with van der Waals surface area (Å²) in [6.45, 7) is 16.9. The fourth-order valence-corrected chi connectivity index (χ4v) is 7.12. The molecule has 8 aliphatic carbocycles. The van der Waals surface area contributed by atoms with E-state index < -0.39 is 0 Å². The lowest BCUT2D eigenvalue weighted by Gasteiger charge is -2.02. The van der Waals surface area contributed by atoms with Crippen molar-refractivity contribution in [1.82, 2.24) is 0 Å². The van der Waals surface area contributed by atoms with E-state index in [1.807, 2.05) is 0 Å². The smallest absolute Gasteiger partial charge is 0.0294 e. The van der Waals surface area contributed by atoms with Gasteiger partial charge in [0.1, 0.15) is 0 Å². The summed E-state index contributed by atoms with van der Waals surface area (Å²) >= 11 is 0. The highest BCUT2D eigenvalue weighted by Gasteiger charge is 2.55. The molecule has 0 spiro atoms. The molecule has 0 heterocycles. The van der Waals surface area contributed by atoms with E-state index in [-0.39, 0.29) is 0 Å². The number of hydrogen-bond donors (Lipinski definition) is 0. The summed E-state index contributed by atoms with van der Waals surface area (Å²) in [5.41, 5.74) is 2.50. The molecule has 0 saturated heterocycles. The molecule has 0 aromatic heterocycles. The third kappa shape index (κ3) is 5.74. The van der Waals surface area contributed by atoms with Crippen LogP contribution in [-0.2, 0) is 0 Å². The van der Waals surface area contributed by atoms with Crippen molar-refractivity contribution in [3.8, 4) is 0 Å². The summed E-state index contributed by atoms with van der Waals surface area (Å²) in [4.78, 5) is 0. The van der Waals surface area contributed by atoms with Gasteiger partial charge >= 0.3 is 0 Å². The van der Waals surface area contributed by atoms with E-state index in [1.165, 1.54) is 69.6 Å². The van der Waals surface area contributed by atoms with Crippen molar-refractivity contribution >= 4 is 0 Å². The monoisotopic (exact) mass is 426 g/mol. The topological polar surface area (TPSA) is 0 Å². The molecule has 0 amide bonds. The average Bonchev–Trinajstić information content (AvgIpc) is 3.44. The SMILES string of the molecule is C[C@@H]1C[C@@H]1C1(C)CC1.C[C@@H]1C[C@H]1C1CC1.C[C@H]1C[C@@H]1C1(C)CC1.C[C@H]1C[C@H]1C1(C)CC1. The van der Waals surface area contributed by atoms with Gasteiger partial charge < -0.3 is 0 Å². The molecule has 0 radical (unpaired) electrons.